The Morgan fingerprint density at radius 1 is 1.30 bits per heavy atom. The lowest BCUT2D eigenvalue weighted by atomic mass is 10.2. The van der Waals surface area contributed by atoms with Crippen molar-refractivity contribution in [1.82, 2.24) is 15.5 Å². The Bertz CT molecular complexity index is 718. The number of benzene rings is 1. The van der Waals surface area contributed by atoms with Crippen LogP contribution in [0, 0.1) is 0 Å². The van der Waals surface area contributed by atoms with Crippen molar-refractivity contribution in [2.75, 3.05) is 6.54 Å². The molecule has 7 nitrogen and oxygen atoms in total. The van der Waals surface area contributed by atoms with Gasteiger partial charge in [-0.1, -0.05) is 35.3 Å². The molecule has 122 valence electrons. The van der Waals surface area contributed by atoms with Crippen molar-refractivity contribution in [2.24, 2.45) is 0 Å². The predicted octanol–water partition coefficient (Wildman–Crippen LogP) is 2.41. The second-order valence-corrected chi connectivity index (χ2v) is 5.24. The summed E-state index contributed by atoms with van der Waals surface area (Å²) >= 11 is 11.6. The number of aryl methyl sites for hydroxylation is 1. The average molecular weight is 358 g/mol. The van der Waals surface area contributed by atoms with Gasteiger partial charge in [-0.25, -0.2) is 0 Å². The van der Waals surface area contributed by atoms with Crippen LogP contribution < -0.4 is 5.32 Å². The summed E-state index contributed by atoms with van der Waals surface area (Å²) in [5, 5.41) is 6.68. The summed E-state index contributed by atoms with van der Waals surface area (Å²) in [4.78, 5) is 27.4. The fraction of sp³-hybridized carbons (Fsp3) is 0.286. The fourth-order valence-electron chi connectivity index (χ4n) is 1.58. The second-order valence-electron chi connectivity index (χ2n) is 4.43. The lowest BCUT2D eigenvalue weighted by Gasteiger charge is -2.06. The van der Waals surface area contributed by atoms with E-state index in [0.29, 0.717) is 17.3 Å². The van der Waals surface area contributed by atoms with Gasteiger partial charge in [0.25, 0.3) is 11.8 Å². The maximum atomic E-state index is 11.9. The molecular weight excluding hydrogens is 345 g/mol. The molecule has 0 fully saturated rings. The SMILES string of the molecule is CCc1noc(COC(=O)CNC(=O)c2ccc(Cl)c(Cl)c2)n1. The summed E-state index contributed by atoms with van der Waals surface area (Å²) in [6.07, 6.45) is 0.622. The second kappa shape index (κ2) is 7.94. The van der Waals surface area contributed by atoms with E-state index in [4.69, 9.17) is 32.5 Å². The van der Waals surface area contributed by atoms with Crippen molar-refractivity contribution < 1.29 is 18.8 Å². The van der Waals surface area contributed by atoms with E-state index in [-0.39, 0.29) is 29.6 Å². The van der Waals surface area contributed by atoms with Gasteiger partial charge in [0.15, 0.2) is 12.4 Å². The maximum Gasteiger partial charge on any atom is 0.325 e. The highest BCUT2D eigenvalue weighted by Gasteiger charge is 2.12. The van der Waals surface area contributed by atoms with Crippen LogP contribution in [-0.2, 0) is 22.6 Å². The van der Waals surface area contributed by atoms with Gasteiger partial charge in [-0.15, -0.1) is 0 Å². The van der Waals surface area contributed by atoms with Crippen LogP contribution in [0.15, 0.2) is 22.7 Å². The molecule has 1 N–H and O–H groups in total. The number of rotatable bonds is 6. The summed E-state index contributed by atoms with van der Waals surface area (Å²) in [5.41, 5.74) is 0.289. The first-order valence-corrected chi connectivity index (χ1v) is 7.45. The molecule has 23 heavy (non-hydrogen) atoms. The molecule has 0 saturated heterocycles. The van der Waals surface area contributed by atoms with Gasteiger partial charge in [0, 0.05) is 12.0 Å². The van der Waals surface area contributed by atoms with E-state index in [9.17, 15) is 9.59 Å². The first kappa shape index (κ1) is 17.2. The van der Waals surface area contributed by atoms with Crippen molar-refractivity contribution >= 4 is 35.1 Å². The summed E-state index contributed by atoms with van der Waals surface area (Å²) in [6.45, 7) is 1.43. The number of hydrogen-bond acceptors (Lipinski definition) is 6. The number of carbonyl (C=O) groups is 2. The molecule has 1 heterocycles. The van der Waals surface area contributed by atoms with Crippen molar-refractivity contribution in [2.45, 2.75) is 20.0 Å². The smallest absolute Gasteiger partial charge is 0.325 e. The van der Waals surface area contributed by atoms with Crippen LogP contribution in [0.5, 0.6) is 0 Å². The zero-order chi connectivity index (χ0) is 16.8. The third-order valence-corrected chi connectivity index (χ3v) is 3.50. The van der Waals surface area contributed by atoms with Crippen molar-refractivity contribution in [3.8, 4) is 0 Å². The summed E-state index contributed by atoms with van der Waals surface area (Å²) in [5.74, 6) is -0.365. The minimum Gasteiger partial charge on any atom is -0.454 e. The fourth-order valence-corrected chi connectivity index (χ4v) is 1.88. The number of nitrogens with one attached hydrogen (secondary N) is 1. The molecule has 9 heteroatoms. The molecule has 0 atom stereocenters. The van der Waals surface area contributed by atoms with Crippen molar-refractivity contribution in [1.29, 1.82) is 0 Å². The largest absolute Gasteiger partial charge is 0.454 e. The Labute approximate surface area is 141 Å². The van der Waals surface area contributed by atoms with Gasteiger partial charge >= 0.3 is 5.97 Å². The zero-order valence-corrected chi connectivity index (χ0v) is 13.6. The minimum atomic E-state index is -0.630. The quantitative estimate of drug-likeness (QED) is 0.797. The van der Waals surface area contributed by atoms with E-state index in [1.54, 1.807) is 0 Å². The molecule has 2 rings (SSSR count). The molecule has 2 aromatic rings. The summed E-state index contributed by atoms with van der Waals surface area (Å²) < 4.78 is 9.79. The summed E-state index contributed by atoms with van der Waals surface area (Å²) in [7, 11) is 0. The van der Waals surface area contributed by atoms with E-state index in [2.05, 4.69) is 15.5 Å². The first-order chi connectivity index (χ1) is 11.0. The van der Waals surface area contributed by atoms with Crippen molar-refractivity contribution in [3.63, 3.8) is 0 Å². The van der Waals surface area contributed by atoms with Gasteiger partial charge < -0.3 is 14.6 Å². The highest BCUT2D eigenvalue weighted by molar-refractivity contribution is 6.42. The molecule has 0 aliphatic carbocycles. The van der Waals surface area contributed by atoms with Crippen LogP contribution >= 0.6 is 23.2 Å². The lowest BCUT2D eigenvalue weighted by molar-refractivity contribution is -0.144. The lowest BCUT2D eigenvalue weighted by Crippen LogP contribution is -2.30. The molecule has 0 bridgehead atoms. The van der Waals surface area contributed by atoms with Crippen LogP contribution in [0.4, 0.5) is 0 Å². The van der Waals surface area contributed by atoms with E-state index >= 15 is 0 Å². The van der Waals surface area contributed by atoms with Crippen LogP contribution in [0.25, 0.3) is 0 Å². The molecule has 0 aliphatic heterocycles. The van der Waals surface area contributed by atoms with E-state index in [1.165, 1.54) is 18.2 Å². The Morgan fingerprint density at radius 3 is 2.74 bits per heavy atom. The number of nitrogens with zero attached hydrogens (tertiary/aromatic N) is 2. The van der Waals surface area contributed by atoms with E-state index in [1.807, 2.05) is 6.92 Å². The number of carbonyl (C=O) groups excluding carboxylic acids is 2. The van der Waals surface area contributed by atoms with Crippen LogP contribution in [0.2, 0.25) is 10.0 Å². The minimum absolute atomic E-state index is 0.144. The van der Waals surface area contributed by atoms with E-state index < -0.39 is 11.9 Å². The molecule has 1 aromatic carbocycles. The number of aromatic nitrogens is 2. The Hall–Kier alpha value is -2.12. The Morgan fingerprint density at radius 2 is 2.09 bits per heavy atom. The van der Waals surface area contributed by atoms with Crippen LogP contribution in [0.3, 0.4) is 0 Å². The van der Waals surface area contributed by atoms with Gasteiger partial charge in [-0.2, -0.15) is 4.98 Å². The molecule has 0 saturated carbocycles. The van der Waals surface area contributed by atoms with E-state index in [0.717, 1.165) is 0 Å². The van der Waals surface area contributed by atoms with Crippen LogP contribution in [0.1, 0.15) is 29.0 Å². The summed E-state index contributed by atoms with van der Waals surface area (Å²) in [6, 6.07) is 4.41. The molecule has 1 aromatic heterocycles. The molecule has 1 amide bonds. The van der Waals surface area contributed by atoms with Gasteiger partial charge in [-0.05, 0) is 18.2 Å². The van der Waals surface area contributed by atoms with Gasteiger partial charge in [0.2, 0.25) is 0 Å². The maximum absolute atomic E-state index is 11.9. The first-order valence-electron chi connectivity index (χ1n) is 6.70. The number of hydrogen-bond donors (Lipinski definition) is 1. The third kappa shape index (κ3) is 4.94. The molecule has 0 aliphatic rings. The average Bonchev–Trinajstić information content (AvgIpc) is 3.01. The normalized spacial score (nSPS) is 10.4. The Kier molecular flexibility index (Phi) is 5.95. The number of ether oxygens (including phenoxy) is 1. The molecule has 0 spiro atoms. The molecule has 0 unspecified atom stereocenters. The number of esters is 1. The van der Waals surface area contributed by atoms with Crippen molar-refractivity contribution in [3.05, 3.63) is 45.5 Å². The number of amides is 1. The standard InChI is InChI=1S/C14H13Cl2N3O4/c1-2-11-18-12(23-19-11)7-22-13(20)6-17-14(21)8-3-4-9(15)10(16)5-8/h3-5H,2,6-7H2,1H3,(H,17,21). The zero-order valence-electron chi connectivity index (χ0n) is 12.1. The number of halogens is 2. The van der Waals surface area contributed by atoms with Crippen LogP contribution in [-0.4, -0.2) is 28.6 Å². The Balaban J connectivity index is 1.79. The van der Waals surface area contributed by atoms with Gasteiger partial charge in [-0.3, -0.25) is 9.59 Å². The van der Waals surface area contributed by atoms with Gasteiger partial charge in [0.1, 0.15) is 6.54 Å². The highest BCUT2D eigenvalue weighted by Crippen LogP contribution is 2.22. The predicted molar refractivity (Wildman–Crippen MR) is 82.3 cm³/mol. The highest BCUT2D eigenvalue weighted by atomic mass is 35.5. The molecule has 0 radical (unpaired) electrons. The molecular formula is C14H13Cl2N3O4. The monoisotopic (exact) mass is 357 g/mol. The third-order valence-electron chi connectivity index (χ3n) is 2.76. The topological polar surface area (TPSA) is 94.3 Å². The van der Waals surface area contributed by atoms with Gasteiger partial charge in [0.05, 0.1) is 10.0 Å².